The summed E-state index contributed by atoms with van der Waals surface area (Å²) in [7, 11) is -4.09. The number of anilines is 1. The van der Waals surface area contributed by atoms with E-state index in [-0.39, 0.29) is 28.9 Å². The van der Waals surface area contributed by atoms with E-state index in [1.54, 1.807) is 30.4 Å². The molecule has 2 aliphatic carbocycles. The van der Waals surface area contributed by atoms with Crippen LogP contribution in [0.2, 0.25) is 5.02 Å². The van der Waals surface area contributed by atoms with Gasteiger partial charge in [-0.3, -0.25) is 4.79 Å². The van der Waals surface area contributed by atoms with Crippen molar-refractivity contribution < 1.29 is 23.1 Å². The minimum Gasteiger partial charge on any atom is -0.490 e. The Labute approximate surface area is 260 Å². The lowest BCUT2D eigenvalue weighted by atomic mass is 9.68. The highest BCUT2D eigenvalue weighted by Crippen LogP contribution is 2.46. The Morgan fingerprint density at radius 1 is 1.26 bits per heavy atom. The van der Waals surface area contributed by atoms with Gasteiger partial charge in [0.2, 0.25) is 0 Å². The molecule has 2 aromatic carbocycles. The summed E-state index contributed by atoms with van der Waals surface area (Å²) in [5.41, 5.74) is 3.14. The van der Waals surface area contributed by atoms with Crippen LogP contribution < -0.4 is 19.1 Å². The number of nitrogens with one attached hydrogen (secondary N) is 2. The van der Waals surface area contributed by atoms with Crippen molar-refractivity contribution in [2.24, 2.45) is 11.8 Å². The summed E-state index contributed by atoms with van der Waals surface area (Å²) in [6.45, 7) is 11.1. The number of benzene rings is 2. The first kappa shape index (κ1) is 31.6. The predicted octanol–water partition coefficient (Wildman–Crippen LogP) is 5.31. The summed E-state index contributed by atoms with van der Waals surface area (Å²) in [5, 5.41) is 11.3. The van der Waals surface area contributed by atoms with Crippen molar-refractivity contribution >= 4 is 33.4 Å². The topological polar surface area (TPSA) is 108 Å². The lowest BCUT2D eigenvalue weighted by molar-refractivity contribution is 0.0460. The Hall–Kier alpha value is -2.85. The molecule has 1 aliphatic heterocycles. The average Bonchev–Trinajstić information content (AvgIpc) is 3.11. The number of hydrogen-bond acceptors (Lipinski definition) is 6. The van der Waals surface area contributed by atoms with Crippen LogP contribution in [0.5, 0.6) is 5.75 Å². The number of halogens is 1. The van der Waals surface area contributed by atoms with E-state index in [1.807, 2.05) is 13.0 Å². The molecule has 0 radical (unpaired) electrons. The monoisotopic (exact) mass is 627 g/mol. The second kappa shape index (κ2) is 13.0. The van der Waals surface area contributed by atoms with Crippen molar-refractivity contribution in [3.05, 3.63) is 83.4 Å². The Morgan fingerprint density at radius 3 is 2.77 bits per heavy atom. The first-order valence-electron chi connectivity index (χ1n) is 15.1. The zero-order valence-corrected chi connectivity index (χ0v) is 26.3. The third-order valence-electron chi connectivity index (χ3n) is 9.40. The van der Waals surface area contributed by atoms with Crippen LogP contribution >= 0.6 is 11.6 Å². The van der Waals surface area contributed by atoms with Gasteiger partial charge in [-0.1, -0.05) is 36.7 Å². The smallest absolute Gasteiger partial charge is 0.301 e. The van der Waals surface area contributed by atoms with E-state index < -0.39 is 22.2 Å². The normalized spacial score (nSPS) is 24.4. The Bertz CT molecular complexity index is 1480. The van der Waals surface area contributed by atoms with Crippen LogP contribution in [0.3, 0.4) is 0 Å². The van der Waals surface area contributed by atoms with Gasteiger partial charge in [0, 0.05) is 35.1 Å². The molecule has 5 atom stereocenters. The predicted molar refractivity (Wildman–Crippen MR) is 171 cm³/mol. The van der Waals surface area contributed by atoms with Gasteiger partial charge >= 0.3 is 10.2 Å². The molecule has 0 bridgehead atoms. The van der Waals surface area contributed by atoms with E-state index >= 15 is 0 Å². The standard InChI is InChI=1S/C33H42ClN3O5S/c1-4-8-26(5-2)35-43(40,41)36-32(39)23-11-15-31-29(18-23)37(19-24-10-13-27(24)30(38)6-3)20-33(21-42-31)16-7-9-22-17-25(34)12-14-28(22)33/h4,6,11-12,14-15,17-18,24,26-27,30,35,38H,1,3,5,7-10,13,16,19-21H2,2H3,(H,36,39)/t24-,26-,27+,30-,33-/m0/s1. The van der Waals surface area contributed by atoms with Crippen molar-refractivity contribution in [2.75, 3.05) is 24.6 Å². The van der Waals surface area contributed by atoms with Crippen LogP contribution in [0.25, 0.3) is 0 Å². The van der Waals surface area contributed by atoms with E-state index in [4.69, 9.17) is 16.3 Å². The molecule has 43 heavy (non-hydrogen) atoms. The molecule has 10 heteroatoms. The van der Waals surface area contributed by atoms with E-state index in [1.165, 1.54) is 11.1 Å². The summed E-state index contributed by atoms with van der Waals surface area (Å²) in [5.74, 6) is 0.280. The quantitative estimate of drug-likeness (QED) is 0.292. The molecule has 232 valence electrons. The molecule has 2 aromatic rings. The molecular weight excluding hydrogens is 586 g/mol. The Kier molecular flexibility index (Phi) is 9.56. The molecule has 1 fully saturated rings. The molecule has 0 unspecified atom stereocenters. The Morgan fingerprint density at radius 2 is 2.07 bits per heavy atom. The van der Waals surface area contributed by atoms with Crippen LogP contribution in [0.15, 0.2) is 61.7 Å². The molecule has 3 aliphatic rings. The van der Waals surface area contributed by atoms with E-state index in [0.29, 0.717) is 38.3 Å². The van der Waals surface area contributed by atoms with Crippen LogP contribution in [0.1, 0.15) is 66.9 Å². The lowest BCUT2D eigenvalue weighted by Crippen LogP contribution is -2.49. The van der Waals surface area contributed by atoms with Crippen molar-refractivity contribution in [2.45, 2.75) is 69.4 Å². The fraction of sp³-hybridized carbons (Fsp3) is 0.485. The van der Waals surface area contributed by atoms with Crippen LogP contribution in [-0.2, 0) is 22.0 Å². The van der Waals surface area contributed by atoms with Gasteiger partial charge in [-0.2, -0.15) is 13.1 Å². The maximum Gasteiger partial charge on any atom is 0.301 e. The van der Waals surface area contributed by atoms with Crippen LogP contribution in [0.4, 0.5) is 5.69 Å². The number of hydrogen-bond donors (Lipinski definition) is 3. The van der Waals surface area contributed by atoms with Gasteiger partial charge in [0.25, 0.3) is 5.91 Å². The number of nitrogens with zero attached hydrogens (tertiary/aromatic N) is 1. The fourth-order valence-electron chi connectivity index (χ4n) is 6.91. The largest absolute Gasteiger partial charge is 0.490 e. The van der Waals surface area contributed by atoms with E-state index in [0.717, 1.165) is 42.8 Å². The van der Waals surface area contributed by atoms with Gasteiger partial charge in [0.05, 0.1) is 18.4 Å². The number of aliphatic hydroxyl groups is 1. The van der Waals surface area contributed by atoms with Gasteiger partial charge in [-0.15, -0.1) is 13.2 Å². The van der Waals surface area contributed by atoms with E-state index in [9.17, 15) is 18.3 Å². The van der Waals surface area contributed by atoms with E-state index in [2.05, 4.69) is 39.6 Å². The number of rotatable bonds is 11. The second-order valence-corrected chi connectivity index (χ2v) is 14.1. The first-order valence-corrected chi connectivity index (χ1v) is 17.0. The molecule has 8 nitrogen and oxygen atoms in total. The summed E-state index contributed by atoms with van der Waals surface area (Å²) in [6.07, 6.45) is 8.51. The fourth-order valence-corrected chi connectivity index (χ4v) is 8.23. The van der Waals surface area contributed by atoms with Crippen molar-refractivity contribution in [1.29, 1.82) is 0 Å². The zero-order chi connectivity index (χ0) is 30.8. The van der Waals surface area contributed by atoms with Crippen LogP contribution in [0, 0.1) is 11.8 Å². The summed E-state index contributed by atoms with van der Waals surface area (Å²) >= 11 is 6.37. The first-order chi connectivity index (χ1) is 20.6. The minimum atomic E-state index is -4.09. The maximum atomic E-state index is 13.3. The van der Waals surface area contributed by atoms with Gasteiger partial charge in [-0.05, 0) is 98.2 Å². The number of aliphatic hydroxyl groups excluding tert-OH is 1. The molecule has 1 amide bonds. The maximum absolute atomic E-state index is 13.3. The average molecular weight is 628 g/mol. The van der Waals surface area contributed by atoms with Gasteiger partial charge in [-0.25, -0.2) is 4.72 Å². The number of amides is 1. The minimum absolute atomic E-state index is 0.114. The molecule has 1 heterocycles. The van der Waals surface area contributed by atoms with Crippen LogP contribution in [-0.4, -0.2) is 51.3 Å². The zero-order valence-electron chi connectivity index (χ0n) is 24.7. The molecule has 0 aromatic heterocycles. The molecule has 1 spiro atoms. The lowest BCUT2D eigenvalue weighted by Gasteiger charge is -2.45. The summed E-state index contributed by atoms with van der Waals surface area (Å²) in [4.78, 5) is 15.5. The van der Waals surface area contributed by atoms with Crippen molar-refractivity contribution in [3.63, 3.8) is 0 Å². The van der Waals surface area contributed by atoms with Crippen molar-refractivity contribution in [3.8, 4) is 5.75 Å². The van der Waals surface area contributed by atoms with Gasteiger partial charge in [0.1, 0.15) is 5.75 Å². The highest BCUT2D eigenvalue weighted by molar-refractivity contribution is 7.88. The summed E-state index contributed by atoms with van der Waals surface area (Å²) < 4.78 is 36.8. The highest BCUT2D eigenvalue weighted by atomic mass is 35.5. The Balaban J connectivity index is 1.47. The number of aryl methyl sites for hydroxylation is 1. The molecule has 3 N–H and O–H groups in total. The highest BCUT2D eigenvalue weighted by Gasteiger charge is 2.44. The molecule has 5 rings (SSSR count). The molecule has 0 saturated heterocycles. The van der Waals surface area contributed by atoms with Gasteiger partial charge < -0.3 is 14.7 Å². The third-order valence-corrected chi connectivity index (χ3v) is 10.7. The number of carbonyl (C=O) groups excluding carboxylic acids is 1. The third kappa shape index (κ3) is 6.80. The van der Waals surface area contributed by atoms with Gasteiger partial charge in [0.15, 0.2) is 0 Å². The molecular formula is C33H42ClN3O5S. The number of carbonyl (C=O) groups is 1. The number of ether oxygens (including phenoxy) is 1. The summed E-state index contributed by atoms with van der Waals surface area (Å²) in [6, 6.07) is 10.8. The molecule has 1 saturated carbocycles. The second-order valence-electron chi connectivity index (χ2n) is 12.2. The number of fused-ring (bicyclic) bond motifs is 3. The SMILES string of the molecule is C=CC[C@H](CC)NS(=O)(=O)NC(=O)c1ccc2c(c1)N(C[C@@H]1CC[C@H]1[C@@H](O)C=C)C[C@@]1(CCCc3cc(Cl)ccc31)CO2. The van der Waals surface area contributed by atoms with Crippen molar-refractivity contribution in [1.82, 2.24) is 9.44 Å².